The van der Waals surface area contributed by atoms with Gasteiger partial charge in [0.25, 0.3) is 0 Å². The second-order valence-electron chi connectivity index (χ2n) is 5.07. The molecule has 1 aromatic carbocycles. The minimum atomic E-state index is 0.417. The minimum Gasteiger partial charge on any atom is -0.508 e. The van der Waals surface area contributed by atoms with Crippen LogP contribution in [-0.4, -0.2) is 56.2 Å². The van der Waals surface area contributed by atoms with Crippen molar-refractivity contribution in [1.82, 2.24) is 9.80 Å². The van der Waals surface area contributed by atoms with Gasteiger partial charge in [-0.1, -0.05) is 12.1 Å². The van der Waals surface area contributed by atoms with E-state index in [0.29, 0.717) is 5.75 Å². The highest BCUT2D eigenvalue weighted by atomic mass is 16.3. The molecule has 96 valence electrons. The largest absolute Gasteiger partial charge is 0.508 e. The molecule has 0 amide bonds. The Bertz CT molecular complexity index is 348. The van der Waals surface area contributed by atoms with E-state index in [4.69, 9.17) is 0 Å². The van der Waals surface area contributed by atoms with Crippen LogP contribution in [-0.2, 0) is 12.8 Å². The summed E-state index contributed by atoms with van der Waals surface area (Å²) in [5.74, 6) is 0.417. The lowest BCUT2D eigenvalue weighted by atomic mass is 10.0. The van der Waals surface area contributed by atoms with Crippen molar-refractivity contribution in [3.05, 3.63) is 29.3 Å². The van der Waals surface area contributed by atoms with Crippen molar-refractivity contribution in [2.45, 2.75) is 12.8 Å². The average molecular weight is 236 g/mol. The summed E-state index contributed by atoms with van der Waals surface area (Å²) in [5, 5.41) is 9.80. The van der Waals surface area contributed by atoms with Gasteiger partial charge >= 0.3 is 0 Å². The fourth-order valence-electron chi connectivity index (χ4n) is 1.69. The number of phenolic OH excluding ortho intramolecular Hbond substituents is 1. The topological polar surface area (TPSA) is 26.7 Å². The molecule has 1 aromatic rings. The van der Waals surface area contributed by atoms with Crippen LogP contribution in [0.15, 0.2) is 18.2 Å². The third-order valence-corrected chi connectivity index (χ3v) is 2.82. The first-order valence-electron chi connectivity index (χ1n) is 6.09. The molecule has 1 rings (SSSR count). The quantitative estimate of drug-likeness (QED) is 0.813. The number of phenols is 1. The lowest BCUT2D eigenvalue weighted by Crippen LogP contribution is -2.16. The zero-order chi connectivity index (χ0) is 12.8. The van der Waals surface area contributed by atoms with E-state index < -0.39 is 0 Å². The highest BCUT2D eigenvalue weighted by Crippen LogP contribution is 2.19. The molecule has 0 fully saturated rings. The number of hydrogen-bond acceptors (Lipinski definition) is 3. The number of aromatic hydroxyl groups is 1. The molecule has 17 heavy (non-hydrogen) atoms. The zero-order valence-corrected chi connectivity index (χ0v) is 11.4. The van der Waals surface area contributed by atoms with Crippen molar-refractivity contribution in [3.8, 4) is 5.75 Å². The van der Waals surface area contributed by atoms with Crippen molar-refractivity contribution >= 4 is 0 Å². The molecule has 0 aliphatic rings. The van der Waals surface area contributed by atoms with Crippen LogP contribution in [0.25, 0.3) is 0 Å². The number of nitrogens with zero attached hydrogens (tertiary/aromatic N) is 2. The molecule has 0 heterocycles. The fraction of sp³-hybridized carbons (Fsp3) is 0.571. The van der Waals surface area contributed by atoms with E-state index >= 15 is 0 Å². The molecule has 3 nitrogen and oxygen atoms in total. The molecule has 3 heteroatoms. The summed E-state index contributed by atoms with van der Waals surface area (Å²) in [5.41, 5.74) is 2.35. The molecule has 0 atom stereocenters. The highest BCUT2D eigenvalue weighted by molar-refractivity contribution is 5.36. The molecule has 0 aromatic heterocycles. The summed E-state index contributed by atoms with van der Waals surface area (Å²) in [6.07, 6.45) is 1.93. The Balaban J connectivity index is 2.65. The Kier molecular flexibility index (Phi) is 5.45. The van der Waals surface area contributed by atoms with Gasteiger partial charge in [0.1, 0.15) is 5.75 Å². The van der Waals surface area contributed by atoms with Gasteiger partial charge in [0, 0.05) is 13.1 Å². The van der Waals surface area contributed by atoms with Crippen LogP contribution < -0.4 is 0 Å². The van der Waals surface area contributed by atoms with Gasteiger partial charge in [-0.15, -0.1) is 0 Å². The number of hydrogen-bond donors (Lipinski definition) is 1. The fourth-order valence-corrected chi connectivity index (χ4v) is 1.69. The van der Waals surface area contributed by atoms with Gasteiger partial charge in [-0.05, 0) is 58.2 Å². The Morgan fingerprint density at radius 1 is 0.941 bits per heavy atom. The molecule has 0 saturated heterocycles. The Morgan fingerprint density at radius 3 is 2.12 bits per heavy atom. The van der Waals surface area contributed by atoms with Crippen LogP contribution in [0.2, 0.25) is 0 Å². The molecule has 0 saturated carbocycles. The maximum atomic E-state index is 9.80. The normalized spacial score (nSPS) is 11.4. The number of rotatable bonds is 6. The van der Waals surface area contributed by atoms with Crippen LogP contribution in [0.4, 0.5) is 0 Å². The third-order valence-electron chi connectivity index (χ3n) is 2.82. The van der Waals surface area contributed by atoms with Crippen LogP contribution in [0, 0.1) is 0 Å². The van der Waals surface area contributed by atoms with Crippen LogP contribution in [0.1, 0.15) is 11.1 Å². The second-order valence-corrected chi connectivity index (χ2v) is 5.07. The molecule has 0 aliphatic carbocycles. The van der Waals surface area contributed by atoms with Crippen LogP contribution in [0.3, 0.4) is 0 Å². The molecule has 0 aliphatic heterocycles. The minimum absolute atomic E-state index is 0.417. The SMILES string of the molecule is CN(C)CCc1ccc(O)c(CCN(C)C)c1. The Labute approximate surface area is 105 Å². The third kappa shape index (κ3) is 5.20. The van der Waals surface area contributed by atoms with Gasteiger partial charge in [-0.3, -0.25) is 0 Å². The maximum Gasteiger partial charge on any atom is 0.118 e. The zero-order valence-electron chi connectivity index (χ0n) is 11.4. The smallest absolute Gasteiger partial charge is 0.118 e. The standard InChI is InChI=1S/C14H24N2O/c1-15(2)9-7-12-5-6-14(17)13(11-12)8-10-16(3)4/h5-6,11,17H,7-10H2,1-4H3. The van der Waals surface area contributed by atoms with Crippen LogP contribution >= 0.6 is 0 Å². The van der Waals surface area contributed by atoms with E-state index in [1.165, 1.54) is 5.56 Å². The molecular weight excluding hydrogens is 212 g/mol. The molecule has 1 N–H and O–H groups in total. The molecule has 0 spiro atoms. The first kappa shape index (κ1) is 14.0. The van der Waals surface area contributed by atoms with Gasteiger partial charge in [-0.25, -0.2) is 0 Å². The van der Waals surface area contributed by atoms with Crippen LogP contribution in [0.5, 0.6) is 5.75 Å². The van der Waals surface area contributed by atoms with E-state index in [2.05, 4.69) is 30.0 Å². The average Bonchev–Trinajstić information content (AvgIpc) is 2.26. The molecular formula is C14H24N2O. The van der Waals surface area contributed by atoms with E-state index in [-0.39, 0.29) is 0 Å². The lowest BCUT2D eigenvalue weighted by molar-refractivity contribution is 0.405. The summed E-state index contributed by atoms with van der Waals surface area (Å²) in [4.78, 5) is 4.30. The van der Waals surface area contributed by atoms with E-state index in [0.717, 1.165) is 31.5 Å². The van der Waals surface area contributed by atoms with Gasteiger partial charge in [-0.2, -0.15) is 0 Å². The predicted molar refractivity (Wildman–Crippen MR) is 72.6 cm³/mol. The maximum absolute atomic E-state index is 9.80. The molecule has 0 radical (unpaired) electrons. The first-order chi connectivity index (χ1) is 7.99. The summed E-state index contributed by atoms with van der Waals surface area (Å²) in [6, 6.07) is 5.95. The summed E-state index contributed by atoms with van der Waals surface area (Å²) in [7, 11) is 8.25. The monoisotopic (exact) mass is 236 g/mol. The number of likely N-dealkylation sites (N-methyl/N-ethyl adjacent to an activating group) is 2. The van der Waals surface area contributed by atoms with Crippen molar-refractivity contribution in [1.29, 1.82) is 0 Å². The molecule has 0 unspecified atom stereocenters. The van der Waals surface area contributed by atoms with Gasteiger partial charge in [0.15, 0.2) is 0 Å². The highest BCUT2D eigenvalue weighted by Gasteiger charge is 2.04. The summed E-state index contributed by atoms with van der Waals surface area (Å²) >= 11 is 0. The van der Waals surface area contributed by atoms with Crippen molar-refractivity contribution in [2.75, 3.05) is 41.3 Å². The first-order valence-corrected chi connectivity index (χ1v) is 6.09. The Hall–Kier alpha value is -1.06. The van der Waals surface area contributed by atoms with Crippen molar-refractivity contribution in [2.24, 2.45) is 0 Å². The summed E-state index contributed by atoms with van der Waals surface area (Å²) < 4.78 is 0. The van der Waals surface area contributed by atoms with Gasteiger partial charge < -0.3 is 14.9 Å². The van der Waals surface area contributed by atoms with Gasteiger partial charge in [0.2, 0.25) is 0 Å². The lowest BCUT2D eigenvalue weighted by Gasteiger charge is -2.13. The second kappa shape index (κ2) is 6.62. The summed E-state index contributed by atoms with van der Waals surface area (Å²) in [6.45, 7) is 2.00. The van der Waals surface area contributed by atoms with Gasteiger partial charge in [0.05, 0.1) is 0 Å². The van der Waals surface area contributed by atoms with E-state index in [9.17, 15) is 5.11 Å². The molecule has 0 bridgehead atoms. The van der Waals surface area contributed by atoms with E-state index in [1.54, 1.807) is 0 Å². The van der Waals surface area contributed by atoms with E-state index in [1.807, 2.05) is 26.2 Å². The van der Waals surface area contributed by atoms with Crippen molar-refractivity contribution in [3.63, 3.8) is 0 Å². The predicted octanol–water partition coefficient (Wildman–Crippen LogP) is 1.60. The van der Waals surface area contributed by atoms with Crippen molar-refractivity contribution < 1.29 is 5.11 Å². The Morgan fingerprint density at radius 2 is 1.53 bits per heavy atom. The number of benzene rings is 1.